The second kappa shape index (κ2) is 6.12. The Labute approximate surface area is 136 Å². The van der Waals surface area contributed by atoms with Crippen molar-refractivity contribution < 1.29 is 18.5 Å². The van der Waals surface area contributed by atoms with Crippen LogP contribution in [0.15, 0.2) is 29.8 Å². The predicted octanol–water partition coefficient (Wildman–Crippen LogP) is 2.97. The second-order valence-corrected chi connectivity index (χ2v) is 5.36. The molecule has 0 atom stereocenters. The molecule has 0 aliphatic carbocycles. The molecule has 0 aliphatic heterocycles. The zero-order chi connectivity index (χ0) is 17.3. The number of rotatable bonds is 4. The highest BCUT2D eigenvalue weighted by atomic mass is 32.1. The maximum absolute atomic E-state index is 13.7. The molecule has 11 heteroatoms. The van der Waals surface area contributed by atoms with E-state index in [-0.39, 0.29) is 22.1 Å². The monoisotopic (exact) mass is 351 g/mol. The average Bonchev–Trinajstić information content (AvgIpc) is 3.16. The lowest BCUT2D eigenvalue weighted by Gasteiger charge is -2.00. The summed E-state index contributed by atoms with van der Waals surface area (Å²) in [4.78, 5) is 26.1. The number of aromatic amines is 1. The van der Waals surface area contributed by atoms with Gasteiger partial charge in [-0.2, -0.15) is 5.10 Å². The van der Waals surface area contributed by atoms with Crippen LogP contribution >= 0.6 is 11.3 Å². The van der Waals surface area contributed by atoms with Gasteiger partial charge in [0, 0.05) is 17.0 Å². The van der Waals surface area contributed by atoms with Gasteiger partial charge in [-0.3, -0.25) is 25.3 Å². The van der Waals surface area contributed by atoms with Crippen molar-refractivity contribution in [2.24, 2.45) is 0 Å². The summed E-state index contributed by atoms with van der Waals surface area (Å²) in [6.07, 6.45) is 0.913. The Morgan fingerprint density at radius 1 is 1.38 bits per heavy atom. The number of nitro groups is 1. The normalized spacial score (nSPS) is 10.6. The number of carbonyl (C=O) groups excluding carboxylic acids is 1. The summed E-state index contributed by atoms with van der Waals surface area (Å²) in [6, 6.07) is 3.04. The zero-order valence-electron chi connectivity index (χ0n) is 11.6. The predicted molar refractivity (Wildman–Crippen MR) is 80.7 cm³/mol. The Morgan fingerprint density at radius 3 is 2.88 bits per heavy atom. The van der Waals surface area contributed by atoms with Crippen LogP contribution in [0.5, 0.6) is 0 Å². The number of amides is 1. The summed E-state index contributed by atoms with van der Waals surface area (Å²) in [5, 5.41) is 20.4. The molecule has 1 aromatic carbocycles. The average molecular weight is 351 g/mol. The van der Waals surface area contributed by atoms with E-state index in [1.54, 1.807) is 0 Å². The van der Waals surface area contributed by atoms with Gasteiger partial charge in [-0.25, -0.2) is 13.8 Å². The molecule has 0 saturated carbocycles. The molecular weight excluding hydrogens is 344 g/mol. The number of hydrogen-bond donors (Lipinski definition) is 2. The summed E-state index contributed by atoms with van der Waals surface area (Å²) < 4.78 is 26.6. The van der Waals surface area contributed by atoms with E-state index in [1.165, 1.54) is 11.4 Å². The number of nitrogens with one attached hydrogen (secondary N) is 2. The number of anilines is 1. The van der Waals surface area contributed by atoms with Crippen LogP contribution in [0.2, 0.25) is 0 Å². The Morgan fingerprint density at radius 2 is 2.17 bits per heavy atom. The maximum Gasteiger partial charge on any atom is 0.319 e. The van der Waals surface area contributed by atoms with Gasteiger partial charge in [0.2, 0.25) is 5.69 Å². The molecule has 8 nitrogen and oxygen atoms in total. The number of H-pyrrole nitrogens is 1. The fourth-order valence-electron chi connectivity index (χ4n) is 1.90. The molecular formula is C13H7F2N5O3S. The van der Waals surface area contributed by atoms with E-state index in [0.717, 1.165) is 29.7 Å². The molecule has 2 N–H and O–H groups in total. The molecule has 3 aromatic rings. The topological polar surface area (TPSA) is 114 Å². The molecule has 0 spiro atoms. The van der Waals surface area contributed by atoms with Crippen LogP contribution in [0.3, 0.4) is 0 Å². The van der Waals surface area contributed by atoms with Crippen LogP contribution in [-0.2, 0) is 0 Å². The number of thiazole rings is 1. The fourth-order valence-corrected chi connectivity index (χ4v) is 2.60. The molecule has 122 valence electrons. The van der Waals surface area contributed by atoms with Crippen molar-refractivity contribution in [1.82, 2.24) is 15.2 Å². The zero-order valence-corrected chi connectivity index (χ0v) is 12.4. The van der Waals surface area contributed by atoms with E-state index in [2.05, 4.69) is 20.5 Å². The third-order valence-corrected chi connectivity index (χ3v) is 3.73. The molecule has 1 amide bonds. The first-order valence-corrected chi connectivity index (χ1v) is 7.23. The number of benzene rings is 1. The van der Waals surface area contributed by atoms with Crippen LogP contribution in [0.1, 0.15) is 10.5 Å². The van der Waals surface area contributed by atoms with Crippen molar-refractivity contribution >= 4 is 28.1 Å². The van der Waals surface area contributed by atoms with Crippen LogP contribution in [0.25, 0.3) is 11.3 Å². The first-order chi connectivity index (χ1) is 11.5. The van der Waals surface area contributed by atoms with Crippen molar-refractivity contribution in [2.45, 2.75) is 0 Å². The third kappa shape index (κ3) is 2.96. The van der Waals surface area contributed by atoms with Crippen molar-refractivity contribution in [1.29, 1.82) is 0 Å². The van der Waals surface area contributed by atoms with Gasteiger partial charge in [-0.05, 0) is 12.1 Å². The number of nitrogens with zero attached hydrogens (tertiary/aromatic N) is 3. The van der Waals surface area contributed by atoms with Gasteiger partial charge in [0.15, 0.2) is 5.13 Å². The summed E-state index contributed by atoms with van der Waals surface area (Å²) in [7, 11) is 0. The molecule has 0 unspecified atom stereocenters. The number of halogens is 2. The molecule has 3 rings (SSSR count). The molecule has 2 heterocycles. The SMILES string of the molecule is O=C(Nc1nc(-c2ccc(F)cc2F)cs1)c1[nH]ncc1[N+](=O)[O-]. The lowest BCUT2D eigenvalue weighted by atomic mass is 10.1. The molecule has 2 aromatic heterocycles. The Bertz CT molecular complexity index is 939. The van der Waals surface area contributed by atoms with Gasteiger partial charge in [-0.1, -0.05) is 0 Å². The Hall–Kier alpha value is -3.21. The Kier molecular flexibility index (Phi) is 4.00. The van der Waals surface area contributed by atoms with E-state index >= 15 is 0 Å². The van der Waals surface area contributed by atoms with Crippen molar-refractivity contribution in [3.05, 3.63) is 57.2 Å². The standard InChI is InChI=1S/C13H7F2N5O3S/c14-6-1-2-7(8(15)3-6)9-5-24-13(17-9)18-12(21)11-10(20(22)23)4-16-19-11/h1-5H,(H,16,19)(H,17,18,21). The van der Waals surface area contributed by atoms with Crippen molar-refractivity contribution in [2.75, 3.05) is 5.32 Å². The van der Waals surface area contributed by atoms with Gasteiger partial charge in [0.1, 0.15) is 17.8 Å². The summed E-state index contributed by atoms with van der Waals surface area (Å²) in [5.74, 6) is -2.31. The highest BCUT2D eigenvalue weighted by Gasteiger charge is 2.23. The fraction of sp³-hybridized carbons (Fsp3) is 0. The first-order valence-electron chi connectivity index (χ1n) is 6.36. The van der Waals surface area contributed by atoms with Gasteiger partial charge in [-0.15, -0.1) is 11.3 Å². The smallest absolute Gasteiger partial charge is 0.296 e. The van der Waals surface area contributed by atoms with E-state index in [1.807, 2.05) is 0 Å². The Balaban J connectivity index is 1.82. The molecule has 0 fully saturated rings. The van der Waals surface area contributed by atoms with Crippen LogP contribution in [0, 0.1) is 21.7 Å². The highest BCUT2D eigenvalue weighted by molar-refractivity contribution is 7.14. The van der Waals surface area contributed by atoms with Crippen molar-refractivity contribution in [3.8, 4) is 11.3 Å². The number of carbonyl (C=O) groups is 1. The minimum atomic E-state index is -0.806. The highest BCUT2D eigenvalue weighted by Crippen LogP contribution is 2.28. The first kappa shape index (κ1) is 15.7. The van der Waals surface area contributed by atoms with E-state index in [9.17, 15) is 23.7 Å². The molecule has 24 heavy (non-hydrogen) atoms. The minimum Gasteiger partial charge on any atom is -0.296 e. The molecule has 0 radical (unpaired) electrons. The lowest BCUT2D eigenvalue weighted by Crippen LogP contribution is -2.14. The van der Waals surface area contributed by atoms with E-state index in [0.29, 0.717) is 0 Å². The van der Waals surface area contributed by atoms with Gasteiger partial charge in [0.05, 0.1) is 10.6 Å². The van der Waals surface area contributed by atoms with Crippen LogP contribution < -0.4 is 5.32 Å². The van der Waals surface area contributed by atoms with Gasteiger partial charge in [0.25, 0.3) is 5.91 Å². The van der Waals surface area contributed by atoms with Gasteiger partial charge < -0.3 is 0 Å². The van der Waals surface area contributed by atoms with E-state index < -0.39 is 28.2 Å². The summed E-state index contributed by atoms with van der Waals surface area (Å²) in [6.45, 7) is 0. The number of hydrogen-bond acceptors (Lipinski definition) is 6. The number of aromatic nitrogens is 3. The third-order valence-electron chi connectivity index (χ3n) is 2.97. The lowest BCUT2D eigenvalue weighted by molar-refractivity contribution is -0.385. The molecule has 0 saturated heterocycles. The summed E-state index contributed by atoms with van der Waals surface area (Å²) in [5.41, 5.74) is -0.536. The van der Waals surface area contributed by atoms with E-state index in [4.69, 9.17) is 0 Å². The van der Waals surface area contributed by atoms with Crippen molar-refractivity contribution in [3.63, 3.8) is 0 Å². The molecule has 0 aliphatic rings. The van der Waals surface area contributed by atoms with Gasteiger partial charge >= 0.3 is 5.69 Å². The van der Waals surface area contributed by atoms with Crippen LogP contribution in [-0.4, -0.2) is 26.0 Å². The maximum atomic E-state index is 13.7. The summed E-state index contributed by atoms with van der Waals surface area (Å²) >= 11 is 0.990. The second-order valence-electron chi connectivity index (χ2n) is 4.50. The largest absolute Gasteiger partial charge is 0.319 e. The quantitative estimate of drug-likeness (QED) is 0.554. The van der Waals surface area contributed by atoms with Crippen LogP contribution in [0.4, 0.5) is 19.6 Å². The minimum absolute atomic E-state index is 0.0701. The molecule has 0 bridgehead atoms.